The van der Waals surface area contributed by atoms with Crippen molar-refractivity contribution in [2.24, 2.45) is 7.05 Å². The minimum absolute atomic E-state index is 0.611. The summed E-state index contributed by atoms with van der Waals surface area (Å²) in [6.45, 7) is 3.28. The molecule has 0 aromatic carbocycles. The average Bonchev–Trinajstić information content (AvgIpc) is 3.48. The number of aliphatic carboxylic acids is 2. The third kappa shape index (κ3) is 7.54. The second kappa shape index (κ2) is 11.0. The van der Waals surface area contributed by atoms with Gasteiger partial charge in [0.25, 0.3) is 0 Å². The fourth-order valence-electron chi connectivity index (χ4n) is 3.59. The summed E-state index contributed by atoms with van der Waals surface area (Å²) in [5.74, 6) is -5.51. The Kier molecular flexibility index (Phi) is 8.82. The molecule has 0 unspecified atom stereocenters. The molecule has 2 aliphatic heterocycles. The zero-order valence-electron chi connectivity index (χ0n) is 17.5. The molecule has 4 rings (SSSR count). The van der Waals surface area contributed by atoms with Gasteiger partial charge in [0.15, 0.2) is 0 Å². The first-order valence-electron chi connectivity index (χ1n) is 9.54. The minimum atomic E-state index is -5.08. The van der Waals surface area contributed by atoms with E-state index < -0.39 is 24.3 Å². The van der Waals surface area contributed by atoms with Gasteiger partial charge in [0, 0.05) is 50.5 Å². The monoisotopic (exact) mass is 518 g/mol. The van der Waals surface area contributed by atoms with Gasteiger partial charge in [-0.2, -0.15) is 31.4 Å². The van der Waals surface area contributed by atoms with E-state index in [2.05, 4.69) is 31.3 Å². The fourth-order valence-corrected chi connectivity index (χ4v) is 4.23. The lowest BCUT2D eigenvalue weighted by molar-refractivity contribution is -0.193. The minimum Gasteiger partial charge on any atom is -0.475 e. The third-order valence-corrected chi connectivity index (χ3v) is 5.64. The zero-order valence-corrected chi connectivity index (χ0v) is 18.3. The normalized spacial score (nSPS) is 20.1. The molecule has 0 amide bonds. The van der Waals surface area contributed by atoms with Crippen LogP contribution in [0.3, 0.4) is 0 Å². The number of hydrogen-bond donors (Lipinski definition) is 2. The first-order chi connectivity index (χ1) is 15.7. The molecule has 2 saturated heterocycles. The molecule has 2 atom stereocenters. The number of nitrogens with zero attached hydrogens (tertiary/aromatic N) is 6. The van der Waals surface area contributed by atoms with Crippen molar-refractivity contribution in [2.45, 2.75) is 43.8 Å². The summed E-state index contributed by atoms with van der Waals surface area (Å²) in [6, 6.07) is 1.26. The molecular formula is C17H20F6N6O4S. The van der Waals surface area contributed by atoms with E-state index in [0.717, 1.165) is 18.2 Å². The molecule has 17 heteroatoms. The SMILES string of the molecule is Cn1cc(CN2CC[C@H]3[C@H]2CCN3c2nncs2)cn1.O=C(O)C(F)(F)F.O=C(O)C(F)(F)F. The lowest BCUT2D eigenvalue weighted by atomic mass is 10.1. The molecule has 0 saturated carbocycles. The van der Waals surface area contributed by atoms with Crippen molar-refractivity contribution >= 4 is 28.4 Å². The van der Waals surface area contributed by atoms with E-state index in [4.69, 9.17) is 19.8 Å². The number of fused-ring (bicyclic) bond motifs is 1. The zero-order chi connectivity index (χ0) is 25.7. The number of aryl methyl sites for hydroxylation is 1. The van der Waals surface area contributed by atoms with Crippen molar-refractivity contribution in [1.82, 2.24) is 24.9 Å². The van der Waals surface area contributed by atoms with Crippen LogP contribution in [0, 0.1) is 0 Å². The molecule has 0 bridgehead atoms. The Balaban J connectivity index is 0.000000244. The molecule has 34 heavy (non-hydrogen) atoms. The molecule has 2 aliphatic rings. The van der Waals surface area contributed by atoms with Gasteiger partial charge in [0.2, 0.25) is 5.13 Å². The summed E-state index contributed by atoms with van der Waals surface area (Å²) >= 11 is 1.65. The molecule has 2 aromatic rings. The van der Waals surface area contributed by atoms with Crippen molar-refractivity contribution in [3.05, 3.63) is 23.5 Å². The fraction of sp³-hybridized carbons (Fsp3) is 0.588. The van der Waals surface area contributed by atoms with Crippen LogP contribution < -0.4 is 4.90 Å². The number of alkyl halides is 6. The highest BCUT2D eigenvalue weighted by molar-refractivity contribution is 7.13. The highest BCUT2D eigenvalue weighted by Gasteiger charge is 2.43. The molecule has 190 valence electrons. The Bertz CT molecular complexity index is 927. The first-order valence-corrected chi connectivity index (χ1v) is 10.4. The number of carbonyl (C=O) groups is 2. The van der Waals surface area contributed by atoms with E-state index in [-0.39, 0.29) is 0 Å². The largest absolute Gasteiger partial charge is 0.490 e. The van der Waals surface area contributed by atoms with Crippen LogP contribution in [0.1, 0.15) is 18.4 Å². The Labute approximate surface area is 192 Å². The van der Waals surface area contributed by atoms with Gasteiger partial charge < -0.3 is 15.1 Å². The lowest BCUT2D eigenvalue weighted by Gasteiger charge is -2.24. The molecule has 4 heterocycles. The predicted octanol–water partition coefficient (Wildman–Crippen LogP) is 2.39. The van der Waals surface area contributed by atoms with Crippen molar-refractivity contribution < 1.29 is 46.1 Å². The molecule has 2 fully saturated rings. The molecule has 2 aromatic heterocycles. The Morgan fingerprint density at radius 2 is 1.62 bits per heavy atom. The Hall–Kier alpha value is -2.95. The topological polar surface area (TPSA) is 125 Å². The summed E-state index contributed by atoms with van der Waals surface area (Å²) in [5.41, 5.74) is 3.13. The Morgan fingerprint density at radius 1 is 1.06 bits per heavy atom. The van der Waals surface area contributed by atoms with Crippen molar-refractivity contribution in [2.75, 3.05) is 18.0 Å². The van der Waals surface area contributed by atoms with E-state index in [1.165, 1.54) is 24.9 Å². The van der Waals surface area contributed by atoms with E-state index in [1.54, 1.807) is 11.3 Å². The van der Waals surface area contributed by atoms with E-state index in [9.17, 15) is 26.3 Å². The summed E-state index contributed by atoms with van der Waals surface area (Å²) < 4.78 is 65.4. The number of carboxylic acid groups (broad SMARTS) is 2. The smallest absolute Gasteiger partial charge is 0.475 e. The number of aromatic nitrogens is 4. The van der Waals surface area contributed by atoms with E-state index in [0.29, 0.717) is 12.1 Å². The standard InChI is InChI=1S/C13H18N6S.2C2HF3O2/c1-17-7-10(6-15-17)8-18-4-2-12-11(18)3-5-19(12)13-16-14-9-20-13;2*3-2(4,5)1(6)7/h6-7,9,11-12H,2-5,8H2,1H3;2*(H,6,7)/t11-,12+;;/m1../s1. The molecule has 0 radical (unpaired) electrons. The number of likely N-dealkylation sites (tertiary alicyclic amines) is 1. The van der Waals surface area contributed by atoms with Gasteiger partial charge in [-0.15, -0.1) is 10.2 Å². The maximum absolute atomic E-state index is 10.6. The van der Waals surface area contributed by atoms with Gasteiger partial charge in [-0.05, 0) is 12.8 Å². The molecule has 10 nitrogen and oxygen atoms in total. The summed E-state index contributed by atoms with van der Waals surface area (Å²) in [4.78, 5) is 22.8. The van der Waals surface area contributed by atoms with E-state index in [1.807, 2.05) is 23.4 Å². The summed E-state index contributed by atoms with van der Waals surface area (Å²) in [6.07, 6.45) is -3.62. The van der Waals surface area contributed by atoms with Crippen LogP contribution in [0.2, 0.25) is 0 Å². The Morgan fingerprint density at radius 3 is 2.06 bits per heavy atom. The van der Waals surface area contributed by atoms with Crippen LogP contribution >= 0.6 is 11.3 Å². The van der Waals surface area contributed by atoms with Crippen LogP contribution in [-0.4, -0.2) is 84.6 Å². The van der Waals surface area contributed by atoms with Crippen LogP contribution in [-0.2, 0) is 23.2 Å². The number of rotatable bonds is 3. The van der Waals surface area contributed by atoms with Crippen molar-refractivity contribution in [3.8, 4) is 0 Å². The maximum atomic E-state index is 10.6. The number of anilines is 1. The van der Waals surface area contributed by atoms with Crippen LogP contribution in [0.25, 0.3) is 0 Å². The number of halogens is 6. The second-order valence-corrected chi connectivity index (χ2v) is 8.04. The molecule has 0 aliphatic carbocycles. The highest BCUT2D eigenvalue weighted by Crippen LogP contribution is 2.36. The molecule has 2 N–H and O–H groups in total. The van der Waals surface area contributed by atoms with Gasteiger partial charge in [-0.1, -0.05) is 11.3 Å². The van der Waals surface area contributed by atoms with E-state index >= 15 is 0 Å². The molecule has 0 spiro atoms. The first kappa shape index (κ1) is 27.3. The summed E-state index contributed by atoms with van der Waals surface area (Å²) in [5, 5.41) is 27.8. The molecular weight excluding hydrogens is 498 g/mol. The van der Waals surface area contributed by atoms with Gasteiger partial charge in [0.05, 0.1) is 6.20 Å². The quantitative estimate of drug-likeness (QED) is 0.590. The van der Waals surface area contributed by atoms with Gasteiger partial charge >= 0.3 is 24.3 Å². The lowest BCUT2D eigenvalue weighted by Crippen LogP contribution is -2.36. The van der Waals surface area contributed by atoms with Gasteiger partial charge in [-0.3, -0.25) is 9.58 Å². The van der Waals surface area contributed by atoms with Crippen LogP contribution in [0.5, 0.6) is 0 Å². The third-order valence-electron chi connectivity index (χ3n) is 4.91. The second-order valence-electron chi connectivity index (χ2n) is 7.23. The average molecular weight is 518 g/mol. The van der Waals surface area contributed by atoms with Crippen molar-refractivity contribution in [1.29, 1.82) is 0 Å². The predicted molar refractivity (Wildman–Crippen MR) is 105 cm³/mol. The summed E-state index contributed by atoms with van der Waals surface area (Å²) in [7, 11) is 1.98. The van der Waals surface area contributed by atoms with Crippen LogP contribution in [0.4, 0.5) is 31.5 Å². The van der Waals surface area contributed by atoms with Gasteiger partial charge in [0.1, 0.15) is 5.51 Å². The highest BCUT2D eigenvalue weighted by atomic mass is 32.1. The number of carboxylic acids is 2. The van der Waals surface area contributed by atoms with Gasteiger partial charge in [-0.25, -0.2) is 9.59 Å². The van der Waals surface area contributed by atoms with Crippen molar-refractivity contribution in [3.63, 3.8) is 0 Å². The maximum Gasteiger partial charge on any atom is 0.490 e. The van der Waals surface area contributed by atoms with Crippen LogP contribution in [0.15, 0.2) is 17.9 Å². The number of hydrogen-bond acceptors (Lipinski definition) is 8.